The van der Waals surface area contributed by atoms with Crippen molar-refractivity contribution in [2.75, 3.05) is 0 Å². The van der Waals surface area contributed by atoms with Crippen molar-refractivity contribution in [3.8, 4) is 11.4 Å². The molecule has 1 aliphatic carbocycles. The summed E-state index contributed by atoms with van der Waals surface area (Å²) in [5.74, 6) is 1.80. The first-order valence-corrected chi connectivity index (χ1v) is 7.92. The van der Waals surface area contributed by atoms with Crippen LogP contribution >= 0.6 is 0 Å². The molecule has 114 valence electrons. The Bertz CT molecular complexity index is 798. The summed E-state index contributed by atoms with van der Waals surface area (Å²) < 4.78 is 7.40. The maximum atomic E-state index is 5.49. The smallest absolute Gasteiger partial charge is 0.230 e. The van der Waals surface area contributed by atoms with E-state index in [2.05, 4.69) is 34.3 Å². The monoisotopic (exact) mass is 297 g/mol. The van der Waals surface area contributed by atoms with Gasteiger partial charge >= 0.3 is 0 Å². The van der Waals surface area contributed by atoms with E-state index >= 15 is 0 Å². The van der Waals surface area contributed by atoms with Crippen LogP contribution in [0.1, 0.15) is 57.4 Å². The van der Waals surface area contributed by atoms with Gasteiger partial charge in [-0.3, -0.25) is 0 Å². The van der Waals surface area contributed by atoms with E-state index in [1.165, 1.54) is 12.8 Å². The molecule has 1 aromatic carbocycles. The van der Waals surface area contributed by atoms with Crippen molar-refractivity contribution >= 4 is 11.0 Å². The van der Waals surface area contributed by atoms with Crippen LogP contribution in [0, 0.1) is 0 Å². The highest BCUT2D eigenvalue weighted by molar-refractivity contribution is 5.89. The van der Waals surface area contributed by atoms with Crippen molar-refractivity contribution in [3.05, 3.63) is 24.1 Å². The number of nitrogens with zero attached hydrogens (tertiary/aromatic N) is 5. The van der Waals surface area contributed by atoms with Gasteiger partial charge in [0, 0.05) is 12.0 Å². The third-order valence-corrected chi connectivity index (χ3v) is 4.38. The maximum Gasteiger partial charge on any atom is 0.230 e. The summed E-state index contributed by atoms with van der Waals surface area (Å²) in [5, 5.41) is 12.7. The van der Waals surface area contributed by atoms with E-state index in [4.69, 9.17) is 4.52 Å². The molecule has 0 spiro atoms. The van der Waals surface area contributed by atoms with Gasteiger partial charge in [-0.1, -0.05) is 29.3 Å². The fourth-order valence-electron chi connectivity index (χ4n) is 3.21. The standard InChI is InChI=1S/C16H19N5O/c1-10(2)21-13-9-5-8-12(14(13)18-20-21)15-17-16(22-19-15)11-6-3-4-7-11/h5,8-11H,3-4,6-7H2,1-2H3. The van der Waals surface area contributed by atoms with Gasteiger partial charge in [0.15, 0.2) is 0 Å². The molecule has 6 nitrogen and oxygen atoms in total. The van der Waals surface area contributed by atoms with Crippen molar-refractivity contribution in [2.45, 2.75) is 51.5 Å². The largest absolute Gasteiger partial charge is 0.339 e. The lowest BCUT2D eigenvalue weighted by Gasteiger charge is -2.05. The molecule has 4 rings (SSSR count). The molecule has 1 aliphatic rings. The fourth-order valence-corrected chi connectivity index (χ4v) is 3.21. The minimum Gasteiger partial charge on any atom is -0.339 e. The van der Waals surface area contributed by atoms with Crippen LogP contribution in [0.25, 0.3) is 22.4 Å². The number of hydrogen-bond donors (Lipinski definition) is 0. The molecule has 2 aromatic heterocycles. The molecule has 0 bridgehead atoms. The Hall–Kier alpha value is -2.24. The highest BCUT2D eigenvalue weighted by atomic mass is 16.5. The third-order valence-electron chi connectivity index (χ3n) is 4.38. The second-order valence-corrected chi connectivity index (χ2v) is 6.24. The Morgan fingerprint density at radius 1 is 1.23 bits per heavy atom. The molecule has 1 fully saturated rings. The van der Waals surface area contributed by atoms with Crippen LogP contribution in [0.15, 0.2) is 22.7 Å². The Labute approximate surface area is 128 Å². The highest BCUT2D eigenvalue weighted by Crippen LogP contribution is 2.34. The summed E-state index contributed by atoms with van der Waals surface area (Å²) in [6.45, 7) is 4.18. The minimum absolute atomic E-state index is 0.263. The topological polar surface area (TPSA) is 69.6 Å². The SMILES string of the molecule is CC(C)n1nnc2c(-c3noc(C4CCCC4)n3)cccc21. The first-order valence-electron chi connectivity index (χ1n) is 7.92. The van der Waals surface area contributed by atoms with Gasteiger partial charge in [0.05, 0.1) is 11.1 Å². The van der Waals surface area contributed by atoms with E-state index in [9.17, 15) is 0 Å². The number of fused-ring (bicyclic) bond motifs is 1. The van der Waals surface area contributed by atoms with E-state index < -0.39 is 0 Å². The van der Waals surface area contributed by atoms with Crippen LogP contribution in [-0.4, -0.2) is 25.1 Å². The van der Waals surface area contributed by atoms with E-state index in [1.54, 1.807) is 0 Å². The van der Waals surface area contributed by atoms with E-state index in [0.717, 1.165) is 35.3 Å². The van der Waals surface area contributed by atoms with Crippen LogP contribution < -0.4 is 0 Å². The third kappa shape index (κ3) is 2.10. The normalized spacial score (nSPS) is 16.1. The molecule has 0 aliphatic heterocycles. The average Bonchev–Trinajstić information content (AvgIpc) is 3.25. The molecule has 0 N–H and O–H groups in total. The second-order valence-electron chi connectivity index (χ2n) is 6.24. The fraction of sp³-hybridized carbons (Fsp3) is 0.500. The summed E-state index contributed by atoms with van der Waals surface area (Å²) >= 11 is 0. The van der Waals surface area contributed by atoms with Gasteiger partial charge in [-0.15, -0.1) is 5.10 Å². The zero-order chi connectivity index (χ0) is 15.1. The molecule has 1 saturated carbocycles. The van der Waals surface area contributed by atoms with Gasteiger partial charge in [0.25, 0.3) is 0 Å². The van der Waals surface area contributed by atoms with Crippen molar-refractivity contribution in [1.82, 2.24) is 25.1 Å². The summed E-state index contributed by atoms with van der Waals surface area (Å²) in [7, 11) is 0. The van der Waals surface area contributed by atoms with Gasteiger partial charge in [0.1, 0.15) is 5.52 Å². The van der Waals surface area contributed by atoms with Crippen molar-refractivity contribution in [2.24, 2.45) is 0 Å². The Morgan fingerprint density at radius 3 is 2.82 bits per heavy atom. The number of hydrogen-bond acceptors (Lipinski definition) is 5. The average molecular weight is 297 g/mol. The minimum atomic E-state index is 0.263. The van der Waals surface area contributed by atoms with Gasteiger partial charge in [-0.2, -0.15) is 4.98 Å². The molecule has 3 aromatic rings. The van der Waals surface area contributed by atoms with Gasteiger partial charge in [0.2, 0.25) is 11.7 Å². The lowest BCUT2D eigenvalue weighted by molar-refractivity contribution is 0.354. The summed E-state index contributed by atoms with van der Waals surface area (Å²) in [6, 6.07) is 6.26. The molecule has 2 heterocycles. The molecule has 0 amide bonds. The van der Waals surface area contributed by atoms with E-state index in [-0.39, 0.29) is 6.04 Å². The molecule has 6 heteroatoms. The van der Waals surface area contributed by atoms with Crippen molar-refractivity contribution in [3.63, 3.8) is 0 Å². The van der Waals surface area contributed by atoms with Crippen LogP contribution in [-0.2, 0) is 0 Å². The number of aromatic nitrogens is 5. The first-order chi connectivity index (χ1) is 10.7. The van der Waals surface area contributed by atoms with Crippen LogP contribution in [0.5, 0.6) is 0 Å². The van der Waals surface area contributed by atoms with Crippen LogP contribution in [0.2, 0.25) is 0 Å². The Kier molecular flexibility index (Phi) is 3.17. The molecule has 22 heavy (non-hydrogen) atoms. The van der Waals surface area contributed by atoms with Gasteiger partial charge in [-0.25, -0.2) is 4.68 Å². The first kappa shape index (κ1) is 13.4. The predicted molar refractivity (Wildman–Crippen MR) is 82.4 cm³/mol. The molecular weight excluding hydrogens is 278 g/mol. The Morgan fingerprint density at radius 2 is 2.05 bits per heavy atom. The van der Waals surface area contributed by atoms with Gasteiger partial charge in [-0.05, 0) is 38.8 Å². The second kappa shape index (κ2) is 5.19. The lowest BCUT2D eigenvalue weighted by atomic mass is 10.1. The Balaban J connectivity index is 1.77. The zero-order valence-electron chi connectivity index (χ0n) is 12.9. The summed E-state index contributed by atoms with van der Waals surface area (Å²) in [6.07, 6.45) is 4.80. The van der Waals surface area contributed by atoms with Crippen LogP contribution in [0.4, 0.5) is 0 Å². The quantitative estimate of drug-likeness (QED) is 0.737. The number of rotatable bonds is 3. The maximum absolute atomic E-state index is 5.49. The summed E-state index contributed by atoms with van der Waals surface area (Å²) in [5.41, 5.74) is 2.71. The molecule has 0 unspecified atom stereocenters. The highest BCUT2D eigenvalue weighted by Gasteiger charge is 2.24. The van der Waals surface area contributed by atoms with Gasteiger partial charge < -0.3 is 4.52 Å². The van der Waals surface area contributed by atoms with E-state index in [0.29, 0.717) is 11.7 Å². The molecule has 0 atom stereocenters. The molecular formula is C16H19N5O. The van der Waals surface area contributed by atoms with Crippen LogP contribution in [0.3, 0.4) is 0 Å². The molecule has 0 radical (unpaired) electrons. The number of benzene rings is 1. The van der Waals surface area contributed by atoms with Crippen molar-refractivity contribution in [1.29, 1.82) is 0 Å². The lowest BCUT2D eigenvalue weighted by Crippen LogP contribution is -2.02. The summed E-state index contributed by atoms with van der Waals surface area (Å²) in [4.78, 5) is 4.61. The van der Waals surface area contributed by atoms with E-state index in [1.807, 2.05) is 22.9 Å². The molecule has 0 saturated heterocycles. The predicted octanol–water partition coefficient (Wildman–Crippen LogP) is 3.72. The zero-order valence-corrected chi connectivity index (χ0v) is 12.9. The van der Waals surface area contributed by atoms with Crippen molar-refractivity contribution < 1.29 is 4.52 Å².